The number of hydrogen-bond donors (Lipinski definition) is 2. The molecule has 2 atom stereocenters. The summed E-state index contributed by atoms with van der Waals surface area (Å²) in [6.07, 6.45) is 3.02. The number of piperidine rings is 1. The Balaban J connectivity index is 1.17. The Morgan fingerprint density at radius 1 is 1.29 bits per heavy atom. The molecular formula is C26H29N5O2S. The summed E-state index contributed by atoms with van der Waals surface area (Å²) in [5, 5.41) is 13.7. The van der Waals surface area contributed by atoms with Crippen LogP contribution in [0.2, 0.25) is 0 Å². The maximum absolute atomic E-state index is 13.2. The first-order valence-corrected chi connectivity index (χ1v) is 13.0. The highest BCUT2D eigenvalue weighted by molar-refractivity contribution is 8.14. The Bertz CT molecular complexity index is 1270. The number of rotatable bonds is 5. The zero-order chi connectivity index (χ0) is 23.1. The summed E-state index contributed by atoms with van der Waals surface area (Å²) in [5.41, 5.74) is 4.71. The van der Waals surface area contributed by atoms with E-state index >= 15 is 0 Å². The van der Waals surface area contributed by atoms with Crippen LogP contribution in [0.3, 0.4) is 0 Å². The van der Waals surface area contributed by atoms with Crippen molar-refractivity contribution in [1.29, 1.82) is 0 Å². The lowest BCUT2D eigenvalue weighted by atomic mass is 10.0. The van der Waals surface area contributed by atoms with Crippen molar-refractivity contribution in [2.45, 2.75) is 37.5 Å². The first-order chi connectivity index (χ1) is 16.6. The van der Waals surface area contributed by atoms with Crippen molar-refractivity contribution in [1.82, 2.24) is 20.4 Å². The molecule has 176 valence electrons. The second kappa shape index (κ2) is 9.07. The van der Waals surface area contributed by atoms with E-state index in [1.54, 1.807) is 0 Å². The molecule has 34 heavy (non-hydrogen) atoms. The number of aromatic amines is 1. The molecule has 0 radical (unpaired) electrons. The summed E-state index contributed by atoms with van der Waals surface area (Å²) in [6.45, 7) is 6.71. The third-order valence-corrected chi connectivity index (χ3v) is 7.93. The van der Waals surface area contributed by atoms with Crippen LogP contribution in [0.1, 0.15) is 35.7 Å². The van der Waals surface area contributed by atoms with Gasteiger partial charge in [0.1, 0.15) is 5.75 Å². The molecule has 0 saturated carbocycles. The van der Waals surface area contributed by atoms with E-state index in [0.29, 0.717) is 10.8 Å². The summed E-state index contributed by atoms with van der Waals surface area (Å²) in [7, 11) is 0. The number of carbonyl (C=O) groups is 1. The highest BCUT2D eigenvalue weighted by Crippen LogP contribution is 2.33. The topological polar surface area (TPSA) is 82.6 Å². The fourth-order valence-electron chi connectivity index (χ4n) is 5.11. The average molecular weight is 476 g/mol. The number of ether oxygens (including phenoxy) is 1. The lowest BCUT2D eigenvalue weighted by Crippen LogP contribution is -2.48. The molecule has 2 aromatic carbocycles. The Morgan fingerprint density at radius 2 is 2.24 bits per heavy atom. The second-order valence-corrected chi connectivity index (χ2v) is 11.0. The summed E-state index contributed by atoms with van der Waals surface area (Å²) < 4.78 is 5.64. The molecule has 1 amide bonds. The van der Waals surface area contributed by atoms with Crippen molar-refractivity contribution in [2.24, 2.45) is 4.99 Å². The van der Waals surface area contributed by atoms with E-state index in [2.05, 4.69) is 38.4 Å². The maximum Gasteiger partial charge on any atom is 0.251 e. The summed E-state index contributed by atoms with van der Waals surface area (Å²) in [4.78, 5) is 20.2. The molecule has 7 nitrogen and oxygen atoms in total. The first kappa shape index (κ1) is 21.7. The van der Waals surface area contributed by atoms with Gasteiger partial charge in [0, 0.05) is 47.3 Å². The van der Waals surface area contributed by atoms with E-state index < -0.39 is 0 Å². The smallest absolute Gasteiger partial charge is 0.251 e. The number of nitrogens with one attached hydrogen (secondary N) is 2. The molecule has 2 N–H and O–H groups in total. The number of H-pyrrole nitrogens is 1. The third-order valence-electron chi connectivity index (χ3n) is 6.85. The molecule has 1 aromatic heterocycles. The van der Waals surface area contributed by atoms with Gasteiger partial charge in [-0.15, -0.1) is 11.8 Å². The van der Waals surface area contributed by atoms with E-state index in [9.17, 15) is 4.79 Å². The molecule has 3 aliphatic rings. The molecule has 3 aromatic rings. The molecular weight excluding hydrogens is 446 g/mol. The molecule has 4 heterocycles. The third kappa shape index (κ3) is 4.32. The van der Waals surface area contributed by atoms with Gasteiger partial charge >= 0.3 is 0 Å². The Labute approximate surface area is 203 Å². The van der Waals surface area contributed by atoms with Crippen LogP contribution in [0.5, 0.6) is 5.75 Å². The monoisotopic (exact) mass is 475 g/mol. The molecule has 1 saturated heterocycles. The van der Waals surface area contributed by atoms with Gasteiger partial charge in [-0.05, 0) is 61.3 Å². The number of likely N-dealkylation sites (tertiary alicyclic amines) is 1. The van der Waals surface area contributed by atoms with Crippen LogP contribution in [-0.4, -0.2) is 70.1 Å². The van der Waals surface area contributed by atoms with Gasteiger partial charge in [-0.3, -0.25) is 19.8 Å². The number of nitrogens with zero attached hydrogens (tertiary/aromatic N) is 3. The van der Waals surface area contributed by atoms with Crippen molar-refractivity contribution in [3.8, 4) is 17.0 Å². The number of carbonyl (C=O) groups excluding carboxylic acids is 1. The highest BCUT2D eigenvalue weighted by Gasteiger charge is 2.25. The Morgan fingerprint density at radius 3 is 3.12 bits per heavy atom. The molecule has 0 spiro atoms. The molecule has 8 heteroatoms. The number of benzene rings is 2. The van der Waals surface area contributed by atoms with Gasteiger partial charge in [-0.2, -0.15) is 5.10 Å². The summed E-state index contributed by atoms with van der Waals surface area (Å²) in [6, 6.07) is 12.1. The first-order valence-electron chi connectivity index (χ1n) is 12.1. The quantitative estimate of drug-likeness (QED) is 0.585. The minimum atomic E-state index is -0.0237. The largest absolute Gasteiger partial charge is 0.493 e. The molecule has 1 fully saturated rings. The summed E-state index contributed by atoms with van der Waals surface area (Å²) in [5.74, 6) is 0.933. The van der Waals surface area contributed by atoms with E-state index in [4.69, 9.17) is 4.74 Å². The van der Waals surface area contributed by atoms with Crippen molar-refractivity contribution in [3.05, 3.63) is 47.5 Å². The lowest BCUT2D eigenvalue weighted by Gasteiger charge is -2.33. The van der Waals surface area contributed by atoms with Gasteiger partial charge in [-0.25, -0.2) is 0 Å². The van der Waals surface area contributed by atoms with Crippen molar-refractivity contribution in [3.63, 3.8) is 0 Å². The average Bonchev–Trinajstić information content (AvgIpc) is 3.58. The zero-order valence-electron chi connectivity index (χ0n) is 19.3. The van der Waals surface area contributed by atoms with Crippen LogP contribution in [0, 0.1) is 0 Å². The number of thioether (sulfide) groups is 1. The number of aromatic nitrogens is 2. The second-order valence-electron chi connectivity index (χ2n) is 9.46. The predicted molar refractivity (Wildman–Crippen MR) is 137 cm³/mol. The molecule has 6 rings (SSSR count). The van der Waals surface area contributed by atoms with Crippen molar-refractivity contribution >= 4 is 33.6 Å². The minimum absolute atomic E-state index is 0.0237. The molecule has 2 unspecified atom stereocenters. The minimum Gasteiger partial charge on any atom is -0.493 e. The van der Waals surface area contributed by atoms with Crippen LogP contribution < -0.4 is 10.1 Å². The summed E-state index contributed by atoms with van der Waals surface area (Å²) >= 11 is 1.88. The Hall–Kier alpha value is -2.84. The van der Waals surface area contributed by atoms with Crippen LogP contribution in [0.4, 0.5) is 0 Å². The SMILES string of the molecule is CC1CN=C(CN2CCCC(NC(=O)c3ccc4[nH]nc(-c5ccc6c(c5)CCO6)c4c3)C2)S1. The normalized spacial score (nSPS) is 22.4. The molecule has 3 aliphatic heterocycles. The van der Waals surface area contributed by atoms with Crippen LogP contribution in [0.15, 0.2) is 41.4 Å². The number of aliphatic imine (C=N–C) groups is 1. The fourth-order valence-corrected chi connectivity index (χ4v) is 6.13. The van der Waals surface area contributed by atoms with Gasteiger partial charge in [0.05, 0.1) is 29.4 Å². The van der Waals surface area contributed by atoms with Crippen molar-refractivity contribution in [2.75, 3.05) is 32.8 Å². The van der Waals surface area contributed by atoms with Gasteiger partial charge < -0.3 is 10.1 Å². The molecule has 0 bridgehead atoms. The van der Waals surface area contributed by atoms with E-state index in [1.807, 2.05) is 42.1 Å². The lowest BCUT2D eigenvalue weighted by molar-refractivity contribution is 0.0910. The van der Waals surface area contributed by atoms with E-state index in [-0.39, 0.29) is 11.9 Å². The molecule has 0 aliphatic carbocycles. The maximum atomic E-state index is 13.2. The number of amides is 1. The van der Waals surface area contributed by atoms with Crippen LogP contribution >= 0.6 is 11.8 Å². The van der Waals surface area contributed by atoms with Gasteiger partial charge in [0.25, 0.3) is 5.91 Å². The van der Waals surface area contributed by atoms with Crippen LogP contribution in [-0.2, 0) is 6.42 Å². The number of hydrogen-bond acceptors (Lipinski definition) is 6. The zero-order valence-corrected chi connectivity index (χ0v) is 20.2. The van der Waals surface area contributed by atoms with Crippen molar-refractivity contribution < 1.29 is 9.53 Å². The highest BCUT2D eigenvalue weighted by atomic mass is 32.2. The van der Waals surface area contributed by atoms with Crippen LogP contribution in [0.25, 0.3) is 22.2 Å². The number of fused-ring (bicyclic) bond motifs is 2. The van der Waals surface area contributed by atoms with Gasteiger partial charge in [-0.1, -0.05) is 6.92 Å². The van der Waals surface area contributed by atoms with E-state index in [1.165, 1.54) is 10.6 Å². The van der Waals surface area contributed by atoms with Gasteiger partial charge in [0.15, 0.2) is 0 Å². The predicted octanol–water partition coefficient (Wildman–Crippen LogP) is 3.89. The van der Waals surface area contributed by atoms with Gasteiger partial charge in [0.2, 0.25) is 0 Å². The standard InChI is InChI=1S/C26H29N5O2S/c1-16-13-27-24(34-16)15-31-9-2-3-20(14-31)28-26(32)19-4-6-22-21(12-19)25(30-29-22)18-5-7-23-17(11-18)8-10-33-23/h4-7,11-12,16,20H,2-3,8-10,13-15H2,1H3,(H,28,32)(H,29,30). The fraction of sp³-hybridized carbons (Fsp3) is 0.423. The van der Waals surface area contributed by atoms with E-state index in [0.717, 1.165) is 80.0 Å². The Kier molecular flexibility index (Phi) is 5.79.